The van der Waals surface area contributed by atoms with E-state index < -0.39 is 40.0 Å². The van der Waals surface area contributed by atoms with Gasteiger partial charge in [-0.2, -0.15) is 0 Å². The van der Waals surface area contributed by atoms with E-state index in [9.17, 15) is 39.7 Å². The maximum absolute atomic E-state index is 13.4. The Hall–Kier alpha value is -5.23. The highest BCUT2D eigenvalue weighted by Gasteiger charge is 2.60. The molecule has 0 radical (unpaired) electrons. The molecule has 3 heterocycles. The first-order chi connectivity index (χ1) is 23.8. The number of carbonyl (C=O) groups excluding carboxylic acids is 3. The van der Waals surface area contributed by atoms with Crippen LogP contribution < -0.4 is 5.32 Å². The van der Waals surface area contributed by atoms with Crippen molar-refractivity contribution >= 4 is 47.1 Å². The molecule has 50 heavy (non-hydrogen) atoms. The second kappa shape index (κ2) is 15.5. The van der Waals surface area contributed by atoms with Crippen molar-refractivity contribution < 1.29 is 43.5 Å². The third-order valence-corrected chi connectivity index (χ3v) is 9.99. The number of nitro groups is 2. The first kappa shape index (κ1) is 36.1. The van der Waals surface area contributed by atoms with Crippen molar-refractivity contribution in [2.75, 3.05) is 33.3 Å². The summed E-state index contributed by atoms with van der Waals surface area (Å²) in [5.74, 6) is -1.97. The van der Waals surface area contributed by atoms with Crippen LogP contribution in [0.5, 0.6) is 0 Å². The van der Waals surface area contributed by atoms with Crippen molar-refractivity contribution in [2.24, 2.45) is 16.8 Å². The molecule has 0 spiro atoms. The predicted octanol–water partition coefficient (Wildman–Crippen LogP) is 2.96. The number of likely N-dealkylation sites (N-methyl/N-ethyl adjacent to an activating group) is 1. The summed E-state index contributed by atoms with van der Waals surface area (Å²) >= 11 is 1.40. The molecule has 2 aromatic carbocycles. The minimum Gasteiger partial charge on any atom is -0.463 e. The highest BCUT2D eigenvalue weighted by atomic mass is 32.2. The minimum absolute atomic E-state index is 0.0457. The van der Waals surface area contributed by atoms with Crippen molar-refractivity contribution in [3.05, 3.63) is 90.5 Å². The van der Waals surface area contributed by atoms with Crippen LogP contribution in [0.15, 0.2) is 64.1 Å². The number of amidine groups is 1. The van der Waals surface area contributed by atoms with E-state index in [0.717, 1.165) is 0 Å². The summed E-state index contributed by atoms with van der Waals surface area (Å²) in [6.45, 7) is 4.34. The van der Waals surface area contributed by atoms with Gasteiger partial charge in [-0.15, -0.1) is 11.8 Å². The van der Waals surface area contributed by atoms with Crippen molar-refractivity contribution in [3.63, 3.8) is 0 Å². The average molecular weight is 713 g/mol. The van der Waals surface area contributed by atoms with E-state index in [0.29, 0.717) is 35.1 Å². The van der Waals surface area contributed by atoms with E-state index in [4.69, 9.17) is 14.2 Å². The molecule has 2 amide bonds. The number of nitro benzene ring substituents is 2. The maximum atomic E-state index is 13.4. The number of aliphatic hydroxyl groups is 1. The SMILES string of the molecule is C[C@@H](O)[C@H]1C(=O)N2C(C(=O)OCc3ccc([N+](=O)[O-])cc3)=C(SC3CN=C(OCCN(C)C(=O)OCc4ccc([N+](=O)[O-])cc4)NC3)[C@H](C)[C@H]12. The van der Waals surface area contributed by atoms with Crippen molar-refractivity contribution in [1.29, 1.82) is 0 Å². The standard InChI is InChI=1S/C32H36N6O11S/c1-18-26-25(19(2)39)29(40)36(26)27(30(41)48-16-20-4-8-22(9-5-20)37(43)44)28(18)50-24-14-33-31(34-15-24)47-13-12-35(3)32(42)49-17-21-6-10-23(11-7-21)38(45)46/h4-11,18-19,24-26,39H,12-17H2,1-3H3,(H,33,34)/t18-,19-,25-,26-/m1/s1. The topological polar surface area (TPSA) is 216 Å². The van der Waals surface area contributed by atoms with Gasteiger partial charge in [-0.25, -0.2) is 14.6 Å². The summed E-state index contributed by atoms with van der Waals surface area (Å²) < 4.78 is 16.5. The summed E-state index contributed by atoms with van der Waals surface area (Å²) in [4.78, 5) is 67.4. The van der Waals surface area contributed by atoms with Crippen LogP contribution in [0.1, 0.15) is 25.0 Å². The number of esters is 1. The molecule has 18 heteroatoms. The van der Waals surface area contributed by atoms with Crippen LogP contribution in [0.2, 0.25) is 0 Å². The highest BCUT2D eigenvalue weighted by Crippen LogP contribution is 2.51. The number of aliphatic hydroxyl groups excluding tert-OH is 1. The lowest BCUT2D eigenvalue weighted by Gasteiger charge is -2.46. The Labute approximate surface area is 290 Å². The van der Waals surface area contributed by atoms with E-state index in [1.54, 1.807) is 14.0 Å². The van der Waals surface area contributed by atoms with Crippen LogP contribution in [0.25, 0.3) is 0 Å². The van der Waals surface area contributed by atoms with Gasteiger partial charge in [0.05, 0.1) is 41.0 Å². The summed E-state index contributed by atoms with van der Waals surface area (Å²) in [6, 6.07) is 11.2. The van der Waals surface area contributed by atoms with Gasteiger partial charge in [0.15, 0.2) is 0 Å². The molecular weight excluding hydrogens is 676 g/mol. The highest BCUT2D eigenvalue weighted by molar-refractivity contribution is 8.03. The van der Waals surface area contributed by atoms with Gasteiger partial charge >= 0.3 is 12.1 Å². The quantitative estimate of drug-likeness (QED) is 0.132. The summed E-state index contributed by atoms with van der Waals surface area (Å²) in [7, 11) is 1.55. The number of ether oxygens (including phenoxy) is 3. The Kier molecular flexibility index (Phi) is 11.2. The Balaban J connectivity index is 1.14. The lowest BCUT2D eigenvalue weighted by Crippen LogP contribution is -2.63. The van der Waals surface area contributed by atoms with E-state index in [1.807, 2.05) is 6.92 Å². The van der Waals surface area contributed by atoms with Gasteiger partial charge in [-0.1, -0.05) is 6.92 Å². The van der Waals surface area contributed by atoms with Gasteiger partial charge < -0.3 is 34.4 Å². The summed E-state index contributed by atoms with van der Waals surface area (Å²) in [6.07, 6.45) is -1.49. The minimum atomic E-state index is -0.899. The van der Waals surface area contributed by atoms with Crippen LogP contribution in [-0.4, -0.2) is 99.4 Å². The van der Waals surface area contributed by atoms with Gasteiger partial charge in [0.2, 0.25) is 5.91 Å². The maximum Gasteiger partial charge on any atom is 0.409 e. The molecule has 0 aliphatic carbocycles. The van der Waals surface area contributed by atoms with Crippen molar-refractivity contribution in [3.8, 4) is 0 Å². The number of nitrogens with zero attached hydrogens (tertiary/aromatic N) is 5. The average Bonchev–Trinajstić information content (AvgIpc) is 3.33. The number of benzene rings is 2. The van der Waals surface area contributed by atoms with Gasteiger partial charge in [-0.3, -0.25) is 25.0 Å². The smallest absolute Gasteiger partial charge is 0.409 e. The van der Waals surface area contributed by atoms with Gasteiger partial charge in [0.1, 0.15) is 25.5 Å². The third-order valence-electron chi connectivity index (χ3n) is 8.52. The number of hydrogen-bond donors (Lipinski definition) is 2. The zero-order valence-corrected chi connectivity index (χ0v) is 28.2. The predicted molar refractivity (Wildman–Crippen MR) is 178 cm³/mol. The normalized spacial score (nSPS) is 21.6. The fourth-order valence-electron chi connectivity index (χ4n) is 5.80. The first-order valence-corrected chi connectivity index (χ1v) is 16.6. The Morgan fingerprint density at radius 2 is 1.64 bits per heavy atom. The number of fused-ring (bicyclic) bond motifs is 1. The van der Waals surface area contributed by atoms with E-state index in [1.165, 1.54) is 70.1 Å². The lowest BCUT2D eigenvalue weighted by atomic mass is 9.79. The Bertz CT molecular complexity index is 1700. The van der Waals surface area contributed by atoms with E-state index in [2.05, 4.69) is 10.3 Å². The molecule has 0 saturated carbocycles. The molecule has 1 fully saturated rings. The van der Waals surface area contributed by atoms with Crippen LogP contribution in [0, 0.1) is 32.1 Å². The molecule has 2 N–H and O–H groups in total. The monoisotopic (exact) mass is 712 g/mol. The fraction of sp³-hybridized carbons (Fsp3) is 0.438. The number of aliphatic imine (C=N–C) groups is 1. The molecule has 0 bridgehead atoms. The molecule has 5 rings (SSSR count). The number of nitrogens with one attached hydrogen (secondary N) is 1. The summed E-state index contributed by atoms with van der Waals surface area (Å²) in [5, 5.41) is 35.0. The molecule has 2 aromatic rings. The molecule has 5 atom stereocenters. The molecule has 1 unspecified atom stereocenters. The van der Waals surface area contributed by atoms with Gasteiger partial charge in [-0.05, 0) is 42.3 Å². The summed E-state index contributed by atoms with van der Waals surface area (Å²) in [5.41, 5.74) is 1.13. The third kappa shape index (κ3) is 7.97. The van der Waals surface area contributed by atoms with E-state index >= 15 is 0 Å². The largest absolute Gasteiger partial charge is 0.463 e. The van der Waals surface area contributed by atoms with Crippen molar-refractivity contribution in [2.45, 2.75) is 44.5 Å². The number of carbonyl (C=O) groups is 3. The van der Waals surface area contributed by atoms with Crippen molar-refractivity contribution in [1.82, 2.24) is 15.1 Å². The van der Waals surface area contributed by atoms with Crippen LogP contribution in [0.3, 0.4) is 0 Å². The zero-order valence-electron chi connectivity index (χ0n) is 27.4. The molecular formula is C32H36N6O11S. The molecule has 1 saturated heterocycles. The number of hydrogen-bond acceptors (Lipinski definition) is 14. The number of thioether (sulfide) groups is 1. The molecule has 17 nitrogen and oxygen atoms in total. The molecule has 266 valence electrons. The molecule has 3 aliphatic rings. The Morgan fingerprint density at radius 1 is 1.06 bits per heavy atom. The number of rotatable bonds is 13. The fourth-order valence-corrected chi connectivity index (χ4v) is 7.12. The zero-order chi connectivity index (χ0) is 36.1. The number of β-lactam (4-membered cyclic amide) rings is 1. The van der Waals surface area contributed by atoms with Crippen LogP contribution in [-0.2, 0) is 37.0 Å². The van der Waals surface area contributed by atoms with Gasteiger partial charge in [0, 0.05) is 53.9 Å². The molecule has 0 aromatic heterocycles. The number of amides is 2. The lowest BCUT2D eigenvalue weighted by molar-refractivity contribution is -0.385. The Morgan fingerprint density at radius 3 is 2.16 bits per heavy atom. The first-order valence-electron chi connectivity index (χ1n) is 15.7. The van der Waals surface area contributed by atoms with E-state index in [-0.39, 0.29) is 60.5 Å². The second-order valence-electron chi connectivity index (χ2n) is 12.0. The van der Waals surface area contributed by atoms with Crippen LogP contribution in [0.4, 0.5) is 16.2 Å². The van der Waals surface area contributed by atoms with Gasteiger partial charge in [0.25, 0.3) is 17.4 Å². The second-order valence-corrected chi connectivity index (χ2v) is 13.3. The van der Waals surface area contributed by atoms with Crippen LogP contribution >= 0.6 is 11.8 Å². The molecule has 3 aliphatic heterocycles. The number of non-ortho nitro benzene ring substituents is 2.